The molecule has 0 bridgehead atoms. The van der Waals surface area contributed by atoms with Gasteiger partial charge in [-0.15, -0.1) is 10.2 Å². The lowest BCUT2D eigenvalue weighted by atomic mass is 10.2. The van der Waals surface area contributed by atoms with E-state index in [9.17, 15) is 4.79 Å². The van der Waals surface area contributed by atoms with Crippen LogP contribution < -0.4 is 19.7 Å². The van der Waals surface area contributed by atoms with Gasteiger partial charge in [0.05, 0.1) is 26.5 Å². The predicted molar refractivity (Wildman–Crippen MR) is 112 cm³/mol. The third-order valence-corrected chi connectivity index (χ3v) is 5.21. The molecule has 0 aliphatic carbocycles. The van der Waals surface area contributed by atoms with E-state index in [4.69, 9.17) is 9.47 Å². The Hall–Kier alpha value is -2.77. The largest absolute Gasteiger partial charge is 0.497 e. The molecule has 0 radical (unpaired) electrons. The zero-order valence-corrected chi connectivity index (χ0v) is 17.6. The Morgan fingerprint density at radius 2 is 2.07 bits per heavy atom. The molecule has 2 heterocycles. The highest BCUT2D eigenvalue weighted by Gasteiger charge is 2.24. The van der Waals surface area contributed by atoms with Gasteiger partial charge in [-0.3, -0.25) is 4.90 Å². The smallest absolute Gasteiger partial charge is 0.322 e. The number of fused-ring (bicyclic) bond motifs is 1. The van der Waals surface area contributed by atoms with Crippen LogP contribution >= 0.6 is 0 Å². The molecule has 1 aromatic heterocycles. The van der Waals surface area contributed by atoms with Crippen molar-refractivity contribution in [3.63, 3.8) is 0 Å². The first kappa shape index (κ1) is 21.0. The van der Waals surface area contributed by atoms with E-state index in [1.165, 1.54) is 6.42 Å². The second-order valence-corrected chi connectivity index (χ2v) is 7.20. The van der Waals surface area contributed by atoms with Crippen LogP contribution in [0.1, 0.15) is 50.7 Å². The Kier molecular flexibility index (Phi) is 7.32. The van der Waals surface area contributed by atoms with Gasteiger partial charge in [0, 0.05) is 25.6 Å². The molecule has 0 unspecified atom stereocenters. The number of nitrogens with zero attached hydrogens (tertiary/aromatic N) is 4. The summed E-state index contributed by atoms with van der Waals surface area (Å²) in [4.78, 5) is 14.8. The van der Waals surface area contributed by atoms with Gasteiger partial charge in [0.25, 0.3) is 0 Å². The number of aromatic nitrogens is 3. The molecule has 0 saturated carbocycles. The first-order valence-electron chi connectivity index (χ1n) is 10.4. The standard InChI is InChI=1S/C21H31N5O3/c1-4-5-12-22-21(27)26(17-14-16(28-2)10-11-18(17)29-3)15-20-24-23-19-9-7-6-8-13-25(19)20/h10-11,14H,4-9,12-13,15H2,1-3H3,(H,22,27). The highest BCUT2D eigenvalue weighted by Crippen LogP contribution is 2.33. The molecular formula is C21H31N5O3. The molecule has 1 aliphatic rings. The molecule has 1 aliphatic heterocycles. The Morgan fingerprint density at radius 3 is 2.83 bits per heavy atom. The van der Waals surface area contributed by atoms with Crippen molar-refractivity contribution in [2.45, 2.75) is 58.5 Å². The molecule has 2 aromatic rings. The molecule has 8 nitrogen and oxygen atoms in total. The van der Waals surface area contributed by atoms with Crippen molar-refractivity contribution in [3.8, 4) is 11.5 Å². The minimum absolute atomic E-state index is 0.184. The Balaban J connectivity index is 1.94. The van der Waals surface area contributed by atoms with Gasteiger partial charge < -0.3 is 19.4 Å². The van der Waals surface area contributed by atoms with Crippen LogP contribution in [0.15, 0.2) is 18.2 Å². The average Bonchev–Trinajstić information content (AvgIpc) is 2.96. The van der Waals surface area contributed by atoms with Crippen LogP contribution in [0.2, 0.25) is 0 Å². The van der Waals surface area contributed by atoms with Crippen molar-refractivity contribution in [3.05, 3.63) is 29.8 Å². The quantitative estimate of drug-likeness (QED) is 0.684. The van der Waals surface area contributed by atoms with E-state index in [-0.39, 0.29) is 6.03 Å². The molecule has 2 amide bonds. The van der Waals surface area contributed by atoms with Crippen LogP contribution in [-0.2, 0) is 19.5 Å². The topological polar surface area (TPSA) is 81.5 Å². The molecule has 1 N–H and O–H groups in total. The summed E-state index contributed by atoms with van der Waals surface area (Å²) in [6, 6.07) is 5.26. The third kappa shape index (κ3) is 4.99. The molecule has 0 atom stereocenters. The summed E-state index contributed by atoms with van der Waals surface area (Å²) in [6.45, 7) is 3.92. The minimum atomic E-state index is -0.184. The van der Waals surface area contributed by atoms with Gasteiger partial charge in [0.1, 0.15) is 17.3 Å². The summed E-state index contributed by atoms with van der Waals surface area (Å²) >= 11 is 0. The first-order valence-corrected chi connectivity index (χ1v) is 10.4. The monoisotopic (exact) mass is 401 g/mol. The molecule has 158 valence electrons. The van der Waals surface area contributed by atoms with Gasteiger partial charge in [0.2, 0.25) is 0 Å². The van der Waals surface area contributed by atoms with Crippen molar-refractivity contribution in [1.29, 1.82) is 0 Å². The third-order valence-electron chi connectivity index (χ3n) is 5.21. The maximum absolute atomic E-state index is 13.1. The van der Waals surface area contributed by atoms with Crippen molar-refractivity contribution >= 4 is 11.7 Å². The first-order chi connectivity index (χ1) is 14.2. The number of urea groups is 1. The van der Waals surface area contributed by atoms with Crippen LogP contribution in [0.3, 0.4) is 0 Å². The lowest BCUT2D eigenvalue weighted by molar-refractivity contribution is 0.245. The van der Waals surface area contributed by atoms with Gasteiger partial charge in [-0.1, -0.05) is 19.8 Å². The Bertz CT molecular complexity index is 821. The zero-order chi connectivity index (χ0) is 20.6. The number of carbonyl (C=O) groups excluding carboxylic acids is 1. The van der Waals surface area contributed by atoms with Gasteiger partial charge in [-0.2, -0.15) is 0 Å². The average molecular weight is 402 g/mol. The maximum Gasteiger partial charge on any atom is 0.322 e. The Morgan fingerprint density at radius 1 is 1.21 bits per heavy atom. The fraction of sp³-hybridized carbons (Fsp3) is 0.571. The summed E-state index contributed by atoms with van der Waals surface area (Å²) in [5.41, 5.74) is 0.645. The molecule has 8 heteroatoms. The Labute approximate surface area is 172 Å². The number of hydrogen-bond acceptors (Lipinski definition) is 5. The second-order valence-electron chi connectivity index (χ2n) is 7.20. The summed E-state index contributed by atoms with van der Waals surface area (Å²) in [7, 11) is 3.21. The number of nitrogens with one attached hydrogen (secondary N) is 1. The van der Waals surface area contributed by atoms with Crippen LogP contribution in [0.25, 0.3) is 0 Å². The van der Waals surface area contributed by atoms with Gasteiger partial charge in [0.15, 0.2) is 5.82 Å². The van der Waals surface area contributed by atoms with Crippen molar-refractivity contribution in [2.75, 3.05) is 25.7 Å². The van der Waals surface area contributed by atoms with Crippen molar-refractivity contribution in [1.82, 2.24) is 20.1 Å². The molecule has 3 rings (SSSR count). The SMILES string of the molecule is CCCCNC(=O)N(Cc1nnc2n1CCCCC2)c1cc(OC)ccc1OC. The van der Waals surface area contributed by atoms with Gasteiger partial charge >= 0.3 is 6.03 Å². The number of carbonyl (C=O) groups is 1. The van der Waals surface area contributed by atoms with E-state index in [0.29, 0.717) is 30.3 Å². The normalized spacial score (nSPS) is 13.3. The number of rotatable bonds is 8. The molecule has 0 fully saturated rings. The van der Waals surface area contributed by atoms with Crippen molar-refractivity contribution in [2.24, 2.45) is 0 Å². The van der Waals surface area contributed by atoms with Gasteiger partial charge in [-0.05, 0) is 31.4 Å². The van der Waals surface area contributed by atoms with Crippen LogP contribution in [0.4, 0.5) is 10.5 Å². The number of unbranched alkanes of at least 4 members (excludes halogenated alkanes) is 1. The number of aryl methyl sites for hydroxylation is 1. The fourth-order valence-electron chi connectivity index (χ4n) is 3.55. The predicted octanol–water partition coefficient (Wildman–Crippen LogP) is 3.54. The molecule has 0 saturated heterocycles. The van der Waals surface area contributed by atoms with E-state index in [2.05, 4.69) is 27.0 Å². The highest BCUT2D eigenvalue weighted by molar-refractivity contribution is 5.93. The fourth-order valence-corrected chi connectivity index (χ4v) is 3.55. The maximum atomic E-state index is 13.1. The van der Waals surface area contributed by atoms with Crippen LogP contribution in [0, 0.1) is 0 Å². The number of anilines is 1. The molecule has 1 aromatic carbocycles. The summed E-state index contributed by atoms with van der Waals surface area (Å²) < 4.78 is 13.1. The molecule has 0 spiro atoms. The van der Waals surface area contributed by atoms with E-state index in [0.717, 1.165) is 50.3 Å². The summed E-state index contributed by atoms with van der Waals surface area (Å²) in [6.07, 6.45) is 6.29. The summed E-state index contributed by atoms with van der Waals surface area (Å²) in [5.74, 6) is 3.05. The van der Waals surface area contributed by atoms with E-state index >= 15 is 0 Å². The van der Waals surface area contributed by atoms with Crippen LogP contribution in [0.5, 0.6) is 11.5 Å². The number of hydrogen-bond donors (Lipinski definition) is 1. The van der Waals surface area contributed by atoms with E-state index in [1.54, 1.807) is 19.1 Å². The summed E-state index contributed by atoms with van der Waals surface area (Å²) in [5, 5.41) is 11.8. The lowest BCUT2D eigenvalue weighted by Gasteiger charge is -2.25. The number of methoxy groups -OCH3 is 2. The zero-order valence-electron chi connectivity index (χ0n) is 17.6. The second kappa shape index (κ2) is 10.1. The molecule has 29 heavy (non-hydrogen) atoms. The van der Waals surface area contributed by atoms with Crippen LogP contribution in [-0.4, -0.2) is 41.6 Å². The lowest BCUT2D eigenvalue weighted by Crippen LogP contribution is -2.41. The van der Waals surface area contributed by atoms with Gasteiger partial charge in [-0.25, -0.2) is 4.79 Å². The van der Waals surface area contributed by atoms with E-state index < -0.39 is 0 Å². The number of benzene rings is 1. The highest BCUT2D eigenvalue weighted by atomic mass is 16.5. The minimum Gasteiger partial charge on any atom is -0.497 e. The van der Waals surface area contributed by atoms with E-state index in [1.807, 2.05) is 18.2 Å². The van der Waals surface area contributed by atoms with Crippen molar-refractivity contribution < 1.29 is 14.3 Å². The molecular weight excluding hydrogens is 370 g/mol. The number of ether oxygens (including phenoxy) is 2. The number of amides is 2.